The second-order valence-corrected chi connectivity index (χ2v) is 5.09. The highest BCUT2D eigenvalue weighted by atomic mass is 16.3. The minimum atomic E-state index is 0.203. The first-order valence-corrected chi connectivity index (χ1v) is 7.48. The molecule has 0 bridgehead atoms. The molecular formula is C14H25N5O. The van der Waals surface area contributed by atoms with Gasteiger partial charge in [0.25, 0.3) is 0 Å². The van der Waals surface area contributed by atoms with Gasteiger partial charge >= 0.3 is 0 Å². The molecule has 6 nitrogen and oxygen atoms in total. The normalized spacial score (nSPS) is 14.9. The first-order chi connectivity index (χ1) is 9.90. The SMILES string of the molecule is OCCNCCCNCc1cnc(N2CCCC2)nc1. The maximum atomic E-state index is 8.62. The van der Waals surface area contributed by atoms with E-state index in [9.17, 15) is 0 Å². The number of aromatic nitrogens is 2. The highest BCUT2D eigenvalue weighted by Crippen LogP contribution is 2.14. The van der Waals surface area contributed by atoms with Crippen molar-refractivity contribution in [1.29, 1.82) is 0 Å². The largest absolute Gasteiger partial charge is 0.395 e. The van der Waals surface area contributed by atoms with Crippen LogP contribution in [-0.2, 0) is 6.54 Å². The van der Waals surface area contributed by atoms with E-state index in [0.29, 0.717) is 6.54 Å². The van der Waals surface area contributed by atoms with Crippen LogP contribution in [0.15, 0.2) is 12.4 Å². The molecule has 1 fully saturated rings. The van der Waals surface area contributed by atoms with Crippen LogP contribution in [0, 0.1) is 0 Å². The van der Waals surface area contributed by atoms with Crippen LogP contribution in [0.4, 0.5) is 5.95 Å². The average molecular weight is 279 g/mol. The van der Waals surface area contributed by atoms with Crippen molar-refractivity contribution >= 4 is 5.95 Å². The summed E-state index contributed by atoms with van der Waals surface area (Å²) in [6, 6.07) is 0. The van der Waals surface area contributed by atoms with Crippen LogP contribution in [0.25, 0.3) is 0 Å². The van der Waals surface area contributed by atoms with E-state index in [1.54, 1.807) is 0 Å². The third-order valence-electron chi connectivity index (χ3n) is 3.41. The van der Waals surface area contributed by atoms with Crippen molar-refractivity contribution in [2.24, 2.45) is 0 Å². The van der Waals surface area contributed by atoms with Gasteiger partial charge in [0.2, 0.25) is 5.95 Å². The third kappa shape index (κ3) is 5.03. The smallest absolute Gasteiger partial charge is 0.225 e. The zero-order valence-electron chi connectivity index (χ0n) is 12.0. The molecule has 1 aromatic heterocycles. The van der Waals surface area contributed by atoms with Gasteiger partial charge in [0, 0.05) is 44.1 Å². The lowest BCUT2D eigenvalue weighted by molar-refractivity contribution is 0.292. The lowest BCUT2D eigenvalue weighted by Crippen LogP contribution is -2.24. The molecule has 0 spiro atoms. The van der Waals surface area contributed by atoms with Crippen molar-refractivity contribution in [3.8, 4) is 0 Å². The first-order valence-electron chi connectivity index (χ1n) is 7.48. The van der Waals surface area contributed by atoms with Crippen LogP contribution >= 0.6 is 0 Å². The summed E-state index contributed by atoms with van der Waals surface area (Å²) in [7, 11) is 0. The van der Waals surface area contributed by atoms with Gasteiger partial charge in [0.05, 0.1) is 6.61 Å². The van der Waals surface area contributed by atoms with Gasteiger partial charge in [-0.3, -0.25) is 0 Å². The fourth-order valence-electron chi connectivity index (χ4n) is 2.29. The monoisotopic (exact) mass is 279 g/mol. The van der Waals surface area contributed by atoms with Gasteiger partial charge in [-0.1, -0.05) is 0 Å². The van der Waals surface area contributed by atoms with Crippen LogP contribution in [0.2, 0.25) is 0 Å². The summed E-state index contributed by atoms with van der Waals surface area (Å²) in [5.41, 5.74) is 1.12. The highest BCUT2D eigenvalue weighted by molar-refractivity contribution is 5.30. The summed E-state index contributed by atoms with van der Waals surface area (Å²) in [5, 5.41) is 15.1. The van der Waals surface area contributed by atoms with E-state index in [4.69, 9.17) is 5.11 Å². The number of aliphatic hydroxyl groups excluding tert-OH is 1. The number of anilines is 1. The third-order valence-corrected chi connectivity index (χ3v) is 3.41. The number of hydrogen-bond acceptors (Lipinski definition) is 6. The second-order valence-electron chi connectivity index (χ2n) is 5.09. The molecule has 1 aliphatic heterocycles. The molecule has 2 heterocycles. The summed E-state index contributed by atoms with van der Waals surface area (Å²) < 4.78 is 0. The second kappa shape index (κ2) is 8.84. The molecule has 0 amide bonds. The van der Waals surface area contributed by atoms with Gasteiger partial charge in [-0.2, -0.15) is 0 Å². The number of aliphatic hydroxyl groups is 1. The molecule has 6 heteroatoms. The number of nitrogens with zero attached hydrogens (tertiary/aromatic N) is 3. The van der Waals surface area contributed by atoms with Crippen LogP contribution < -0.4 is 15.5 Å². The Morgan fingerprint density at radius 2 is 1.75 bits per heavy atom. The van der Waals surface area contributed by atoms with Crippen LogP contribution in [0.5, 0.6) is 0 Å². The van der Waals surface area contributed by atoms with Crippen molar-refractivity contribution in [2.75, 3.05) is 44.2 Å². The molecule has 112 valence electrons. The molecule has 0 aromatic carbocycles. The molecule has 3 N–H and O–H groups in total. The summed E-state index contributed by atoms with van der Waals surface area (Å²) in [6.07, 6.45) is 7.37. The first kappa shape index (κ1) is 15.2. The van der Waals surface area contributed by atoms with Gasteiger partial charge in [-0.15, -0.1) is 0 Å². The van der Waals surface area contributed by atoms with E-state index in [2.05, 4.69) is 25.5 Å². The number of rotatable bonds is 9. The molecule has 0 saturated carbocycles. The van der Waals surface area contributed by atoms with Gasteiger partial charge < -0.3 is 20.6 Å². The Kier molecular flexibility index (Phi) is 6.70. The van der Waals surface area contributed by atoms with Crippen LogP contribution in [0.3, 0.4) is 0 Å². The Morgan fingerprint density at radius 3 is 2.45 bits per heavy atom. The molecule has 2 rings (SSSR count). The molecule has 0 unspecified atom stereocenters. The van der Waals surface area contributed by atoms with Crippen LogP contribution in [0.1, 0.15) is 24.8 Å². The fraction of sp³-hybridized carbons (Fsp3) is 0.714. The summed E-state index contributed by atoms with van der Waals surface area (Å²) in [4.78, 5) is 11.1. The molecule has 20 heavy (non-hydrogen) atoms. The molecule has 0 atom stereocenters. The molecule has 0 aliphatic carbocycles. The lowest BCUT2D eigenvalue weighted by atomic mass is 10.3. The van der Waals surface area contributed by atoms with Crippen molar-refractivity contribution in [3.05, 3.63) is 18.0 Å². The van der Waals surface area contributed by atoms with E-state index in [1.807, 2.05) is 12.4 Å². The standard InChI is InChI=1S/C14H25N5O/c20-9-6-15-4-3-5-16-10-13-11-17-14(18-12-13)19-7-1-2-8-19/h11-12,15-16,20H,1-10H2. The molecular weight excluding hydrogens is 254 g/mol. The molecule has 0 radical (unpaired) electrons. The van der Waals surface area contributed by atoms with E-state index in [1.165, 1.54) is 12.8 Å². The Bertz CT molecular complexity index is 364. The Labute approximate surface area is 120 Å². The lowest BCUT2D eigenvalue weighted by Gasteiger charge is -2.14. The summed E-state index contributed by atoms with van der Waals surface area (Å²) in [6.45, 7) is 5.72. The minimum absolute atomic E-state index is 0.203. The predicted octanol–water partition coefficient (Wildman–Crippen LogP) is 0.138. The fourth-order valence-corrected chi connectivity index (χ4v) is 2.29. The predicted molar refractivity (Wildman–Crippen MR) is 79.8 cm³/mol. The van der Waals surface area contributed by atoms with Crippen LogP contribution in [-0.4, -0.2) is 54.4 Å². The Balaban J connectivity index is 1.61. The highest BCUT2D eigenvalue weighted by Gasteiger charge is 2.14. The Hall–Kier alpha value is -1.24. The molecule has 1 aliphatic rings. The topological polar surface area (TPSA) is 73.3 Å². The van der Waals surface area contributed by atoms with Crippen molar-refractivity contribution in [1.82, 2.24) is 20.6 Å². The quantitative estimate of drug-likeness (QED) is 0.558. The van der Waals surface area contributed by atoms with Gasteiger partial charge in [0.15, 0.2) is 0 Å². The number of nitrogens with one attached hydrogen (secondary N) is 2. The molecule has 1 saturated heterocycles. The van der Waals surface area contributed by atoms with Crippen molar-refractivity contribution in [3.63, 3.8) is 0 Å². The maximum absolute atomic E-state index is 8.62. The van der Waals surface area contributed by atoms with Crippen molar-refractivity contribution < 1.29 is 5.11 Å². The van der Waals surface area contributed by atoms with Gasteiger partial charge in [-0.25, -0.2) is 9.97 Å². The van der Waals surface area contributed by atoms with E-state index >= 15 is 0 Å². The average Bonchev–Trinajstić information content (AvgIpc) is 3.01. The van der Waals surface area contributed by atoms with E-state index in [0.717, 1.165) is 50.7 Å². The van der Waals surface area contributed by atoms with E-state index < -0.39 is 0 Å². The minimum Gasteiger partial charge on any atom is -0.395 e. The zero-order chi connectivity index (χ0) is 14.0. The van der Waals surface area contributed by atoms with Gasteiger partial charge in [0.1, 0.15) is 0 Å². The maximum Gasteiger partial charge on any atom is 0.225 e. The zero-order valence-corrected chi connectivity index (χ0v) is 12.0. The summed E-state index contributed by atoms with van der Waals surface area (Å²) >= 11 is 0. The van der Waals surface area contributed by atoms with Gasteiger partial charge in [-0.05, 0) is 32.4 Å². The van der Waals surface area contributed by atoms with E-state index in [-0.39, 0.29) is 6.61 Å². The Morgan fingerprint density at radius 1 is 1.05 bits per heavy atom. The summed E-state index contributed by atoms with van der Waals surface area (Å²) in [5.74, 6) is 0.861. The van der Waals surface area contributed by atoms with Crippen molar-refractivity contribution in [2.45, 2.75) is 25.8 Å². The molecule has 1 aromatic rings. The number of hydrogen-bond donors (Lipinski definition) is 3.